The number of carbonyl (C=O) groups excluding carboxylic acids is 2. The number of hydrogen-bond acceptors (Lipinski definition) is 4. The van der Waals surface area contributed by atoms with Gasteiger partial charge in [-0.3, -0.25) is 14.2 Å². The minimum atomic E-state index is -0.138. The minimum Gasteiger partial charge on any atom is -0.353 e. The zero-order chi connectivity index (χ0) is 19.0. The van der Waals surface area contributed by atoms with Crippen LogP contribution in [0.4, 0.5) is 5.82 Å². The van der Waals surface area contributed by atoms with Gasteiger partial charge in [-0.1, -0.05) is 17.7 Å². The summed E-state index contributed by atoms with van der Waals surface area (Å²) in [5.74, 6) is 0.703. The molecule has 1 aliphatic heterocycles. The summed E-state index contributed by atoms with van der Waals surface area (Å²) in [5, 5.41) is 1.24. The first-order valence-corrected chi connectivity index (χ1v) is 9.19. The van der Waals surface area contributed by atoms with E-state index in [1.165, 1.54) is 11.5 Å². The van der Waals surface area contributed by atoms with Gasteiger partial charge in [-0.25, -0.2) is 4.98 Å². The highest BCUT2D eigenvalue weighted by Crippen LogP contribution is 2.26. The van der Waals surface area contributed by atoms with Crippen molar-refractivity contribution in [1.29, 1.82) is 0 Å². The van der Waals surface area contributed by atoms with E-state index >= 15 is 0 Å². The molecule has 0 saturated carbocycles. The largest absolute Gasteiger partial charge is 0.353 e. The van der Waals surface area contributed by atoms with Gasteiger partial charge in [-0.15, -0.1) is 0 Å². The molecule has 0 bridgehead atoms. The Morgan fingerprint density at radius 3 is 2.52 bits per heavy atom. The molecule has 6 nitrogen and oxygen atoms in total. The number of amides is 1. The number of carbonyl (C=O) groups is 2. The molecule has 7 heteroatoms. The molecule has 4 rings (SSSR count). The molecule has 3 aromatic rings. The van der Waals surface area contributed by atoms with Crippen molar-refractivity contribution in [2.75, 3.05) is 31.1 Å². The van der Waals surface area contributed by atoms with E-state index in [1.807, 2.05) is 23.1 Å². The Hall–Kier alpha value is -2.86. The summed E-state index contributed by atoms with van der Waals surface area (Å²) in [6.07, 6.45) is 3.39. The van der Waals surface area contributed by atoms with Crippen LogP contribution in [0.25, 0.3) is 10.9 Å². The summed E-state index contributed by atoms with van der Waals surface area (Å²) < 4.78 is 1.50. The maximum Gasteiger partial charge on any atom is 0.256 e. The number of rotatable bonds is 2. The standard InChI is InChI=1S/C20H19ClN4O2/c1-14(26)25-13-17(16-12-15(21)5-6-18(16)25)20(27)24-10-8-23(9-11-24)19-4-2-3-7-22-19/h2-7,12-13H,8-11H2,1H3. The molecule has 0 aliphatic carbocycles. The summed E-state index contributed by atoms with van der Waals surface area (Å²) in [6, 6.07) is 11.1. The number of fused-ring (bicyclic) bond motifs is 1. The normalized spacial score (nSPS) is 14.6. The van der Waals surface area contributed by atoms with Crippen LogP contribution in [-0.2, 0) is 0 Å². The zero-order valence-electron chi connectivity index (χ0n) is 14.9. The van der Waals surface area contributed by atoms with E-state index in [2.05, 4.69) is 9.88 Å². The Morgan fingerprint density at radius 1 is 1.07 bits per heavy atom. The fraction of sp³-hybridized carbons (Fsp3) is 0.250. The fourth-order valence-corrected chi connectivity index (χ4v) is 3.66. The number of halogens is 1. The van der Waals surface area contributed by atoms with E-state index in [0.717, 1.165) is 18.9 Å². The fourth-order valence-electron chi connectivity index (χ4n) is 3.48. The number of aromatic nitrogens is 2. The highest BCUT2D eigenvalue weighted by atomic mass is 35.5. The van der Waals surface area contributed by atoms with Crippen molar-refractivity contribution in [3.8, 4) is 0 Å². The molecule has 1 aliphatic rings. The lowest BCUT2D eigenvalue weighted by atomic mass is 10.1. The average molecular weight is 383 g/mol. The van der Waals surface area contributed by atoms with E-state index in [4.69, 9.17) is 11.6 Å². The van der Waals surface area contributed by atoms with Crippen LogP contribution in [0, 0.1) is 0 Å². The van der Waals surface area contributed by atoms with Crippen LogP contribution >= 0.6 is 11.6 Å². The molecule has 27 heavy (non-hydrogen) atoms. The van der Waals surface area contributed by atoms with E-state index in [9.17, 15) is 9.59 Å². The van der Waals surface area contributed by atoms with Crippen LogP contribution in [0.3, 0.4) is 0 Å². The van der Waals surface area contributed by atoms with Crippen LogP contribution in [0.1, 0.15) is 22.1 Å². The topological polar surface area (TPSA) is 58.4 Å². The summed E-state index contributed by atoms with van der Waals surface area (Å²) in [5.41, 5.74) is 1.20. The number of pyridine rings is 1. The summed E-state index contributed by atoms with van der Waals surface area (Å²) in [6.45, 7) is 4.11. The third-order valence-corrected chi connectivity index (χ3v) is 5.11. The molecule has 1 fully saturated rings. The molecule has 0 spiro atoms. The van der Waals surface area contributed by atoms with E-state index < -0.39 is 0 Å². The van der Waals surface area contributed by atoms with Crippen molar-refractivity contribution >= 4 is 40.1 Å². The van der Waals surface area contributed by atoms with Gasteiger partial charge in [-0.2, -0.15) is 0 Å². The number of hydrogen-bond donors (Lipinski definition) is 0. The molecule has 1 aromatic carbocycles. The summed E-state index contributed by atoms with van der Waals surface area (Å²) >= 11 is 6.12. The Kier molecular flexibility index (Phi) is 4.58. The number of piperazine rings is 1. The minimum absolute atomic E-state index is 0.0806. The summed E-state index contributed by atoms with van der Waals surface area (Å²) in [4.78, 5) is 33.4. The van der Waals surface area contributed by atoms with E-state index in [1.54, 1.807) is 30.6 Å². The van der Waals surface area contributed by atoms with Gasteiger partial charge in [0, 0.05) is 55.9 Å². The van der Waals surface area contributed by atoms with Crippen LogP contribution in [-0.4, -0.2) is 52.4 Å². The van der Waals surface area contributed by atoms with Crippen molar-refractivity contribution in [2.45, 2.75) is 6.92 Å². The molecule has 1 amide bonds. The molecule has 0 unspecified atom stereocenters. The van der Waals surface area contributed by atoms with E-state index in [0.29, 0.717) is 34.6 Å². The molecule has 0 N–H and O–H groups in total. The second-order valence-corrected chi connectivity index (χ2v) is 7.00. The second kappa shape index (κ2) is 7.04. The van der Waals surface area contributed by atoms with Gasteiger partial charge in [0.15, 0.2) is 0 Å². The number of nitrogens with zero attached hydrogens (tertiary/aromatic N) is 4. The molecule has 138 valence electrons. The highest BCUT2D eigenvalue weighted by molar-refractivity contribution is 6.31. The first-order valence-electron chi connectivity index (χ1n) is 8.81. The first kappa shape index (κ1) is 17.5. The van der Waals surface area contributed by atoms with Gasteiger partial charge >= 0.3 is 0 Å². The van der Waals surface area contributed by atoms with Crippen LogP contribution < -0.4 is 4.90 Å². The molecule has 2 aromatic heterocycles. The molecular weight excluding hydrogens is 364 g/mol. The Balaban J connectivity index is 1.59. The van der Waals surface area contributed by atoms with E-state index in [-0.39, 0.29) is 11.8 Å². The molecule has 3 heterocycles. The molecule has 0 atom stereocenters. The van der Waals surface area contributed by atoms with Gasteiger partial charge < -0.3 is 9.80 Å². The van der Waals surface area contributed by atoms with Crippen molar-refractivity contribution in [1.82, 2.24) is 14.5 Å². The zero-order valence-corrected chi connectivity index (χ0v) is 15.7. The van der Waals surface area contributed by atoms with Crippen molar-refractivity contribution in [3.63, 3.8) is 0 Å². The second-order valence-electron chi connectivity index (χ2n) is 6.56. The van der Waals surface area contributed by atoms with Crippen molar-refractivity contribution in [2.24, 2.45) is 0 Å². The smallest absolute Gasteiger partial charge is 0.256 e. The quantitative estimate of drug-likeness (QED) is 0.682. The third kappa shape index (κ3) is 3.28. The number of benzene rings is 1. The predicted molar refractivity (Wildman–Crippen MR) is 106 cm³/mol. The van der Waals surface area contributed by atoms with Gasteiger partial charge in [-0.05, 0) is 30.3 Å². The van der Waals surface area contributed by atoms with Crippen molar-refractivity contribution < 1.29 is 9.59 Å². The van der Waals surface area contributed by atoms with Gasteiger partial charge in [0.1, 0.15) is 5.82 Å². The van der Waals surface area contributed by atoms with Crippen molar-refractivity contribution in [3.05, 3.63) is 59.4 Å². The third-order valence-electron chi connectivity index (χ3n) is 4.88. The molecule has 1 saturated heterocycles. The lowest BCUT2D eigenvalue weighted by Crippen LogP contribution is -2.49. The number of anilines is 1. The van der Waals surface area contributed by atoms with Gasteiger partial charge in [0.25, 0.3) is 5.91 Å². The maximum atomic E-state index is 13.1. The van der Waals surface area contributed by atoms with Gasteiger partial charge in [0.05, 0.1) is 11.1 Å². The Morgan fingerprint density at radius 2 is 1.85 bits per heavy atom. The highest BCUT2D eigenvalue weighted by Gasteiger charge is 2.26. The summed E-state index contributed by atoms with van der Waals surface area (Å²) in [7, 11) is 0. The molecular formula is C20H19ClN4O2. The lowest BCUT2D eigenvalue weighted by molar-refractivity contribution is 0.0748. The SMILES string of the molecule is CC(=O)n1cc(C(=O)N2CCN(c3ccccn3)CC2)c2cc(Cl)ccc21. The monoisotopic (exact) mass is 382 g/mol. The Bertz CT molecular complexity index is 1010. The Labute approximate surface area is 162 Å². The molecule has 0 radical (unpaired) electrons. The maximum absolute atomic E-state index is 13.1. The van der Waals surface area contributed by atoms with Crippen LogP contribution in [0.5, 0.6) is 0 Å². The average Bonchev–Trinajstić information content (AvgIpc) is 3.07. The lowest BCUT2D eigenvalue weighted by Gasteiger charge is -2.35. The van der Waals surface area contributed by atoms with Crippen LogP contribution in [0.2, 0.25) is 5.02 Å². The predicted octanol–water partition coefficient (Wildman–Crippen LogP) is 3.31. The first-order chi connectivity index (χ1) is 13.0. The van der Waals surface area contributed by atoms with Gasteiger partial charge in [0.2, 0.25) is 5.91 Å². The van der Waals surface area contributed by atoms with Crippen LogP contribution in [0.15, 0.2) is 48.8 Å².